The number of halogens is 4. The van der Waals surface area contributed by atoms with Crippen LogP contribution in [0.5, 0.6) is 0 Å². The summed E-state index contributed by atoms with van der Waals surface area (Å²) in [5.74, 6) is -5.56. The van der Waals surface area contributed by atoms with E-state index in [1.54, 1.807) is 19.1 Å². The molecule has 1 N–H and O–H groups in total. The molecule has 0 aliphatic carbocycles. The molecule has 2 rings (SSSR count). The van der Waals surface area contributed by atoms with Gasteiger partial charge in [-0.15, -0.1) is 0 Å². The Kier molecular flexibility index (Phi) is 3.22. The number of anilines is 1. The molecule has 0 saturated heterocycles. The van der Waals surface area contributed by atoms with Crippen molar-refractivity contribution in [2.75, 3.05) is 5.32 Å². The zero-order valence-corrected chi connectivity index (χ0v) is 9.23. The molecule has 96 valence electrons. The molecule has 0 aromatic carbocycles. The Morgan fingerprint density at radius 1 is 1.11 bits per heavy atom. The van der Waals surface area contributed by atoms with Gasteiger partial charge in [-0.25, -0.2) is 0 Å². The summed E-state index contributed by atoms with van der Waals surface area (Å²) in [6.07, 6.45) is 0. The van der Waals surface area contributed by atoms with Crippen LogP contribution in [0, 0.1) is 30.5 Å². The van der Waals surface area contributed by atoms with E-state index in [1.807, 2.05) is 0 Å². The molecule has 18 heavy (non-hydrogen) atoms. The standard InChI is InChI=1S/C11H8F4N2O/c1-5-2-3-6(18-5)4-16-9-7(12)10(14)17-11(15)8(9)13/h2-3H,4H2,1H3,(H,16,17). The number of nitrogens with one attached hydrogen (secondary N) is 1. The minimum Gasteiger partial charge on any atom is -0.465 e. The second-order valence-electron chi connectivity index (χ2n) is 3.56. The Balaban J connectivity index is 2.24. The monoisotopic (exact) mass is 260 g/mol. The molecule has 0 saturated carbocycles. The minimum absolute atomic E-state index is 0.107. The molecule has 0 radical (unpaired) electrons. The van der Waals surface area contributed by atoms with Crippen LogP contribution in [-0.4, -0.2) is 4.98 Å². The van der Waals surface area contributed by atoms with Crippen LogP contribution in [-0.2, 0) is 6.54 Å². The Morgan fingerprint density at radius 3 is 2.22 bits per heavy atom. The first-order valence-corrected chi connectivity index (χ1v) is 4.98. The summed E-state index contributed by atoms with van der Waals surface area (Å²) in [4.78, 5) is 2.45. The number of furan rings is 1. The molecule has 0 unspecified atom stereocenters. The number of hydrogen-bond donors (Lipinski definition) is 1. The lowest BCUT2D eigenvalue weighted by molar-refractivity contribution is 0.409. The van der Waals surface area contributed by atoms with Gasteiger partial charge in [-0.2, -0.15) is 22.5 Å². The average molecular weight is 260 g/mol. The molecular formula is C11H8F4N2O. The summed E-state index contributed by atoms with van der Waals surface area (Å²) in [5, 5.41) is 2.23. The second kappa shape index (κ2) is 4.67. The maximum absolute atomic E-state index is 13.2. The third kappa shape index (κ3) is 2.29. The van der Waals surface area contributed by atoms with E-state index in [0.29, 0.717) is 11.5 Å². The van der Waals surface area contributed by atoms with Gasteiger partial charge in [0.15, 0.2) is 0 Å². The fraction of sp³-hybridized carbons (Fsp3) is 0.182. The SMILES string of the molecule is Cc1ccc(CNc2c(F)c(F)nc(F)c2F)o1. The fourth-order valence-corrected chi connectivity index (χ4v) is 1.40. The predicted molar refractivity (Wildman–Crippen MR) is 54.8 cm³/mol. The van der Waals surface area contributed by atoms with E-state index in [9.17, 15) is 17.6 Å². The number of aromatic nitrogens is 1. The van der Waals surface area contributed by atoms with Crippen molar-refractivity contribution < 1.29 is 22.0 Å². The second-order valence-corrected chi connectivity index (χ2v) is 3.56. The first-order valence-electron chi connectivity index (χ1n) is 4.98. The van der Waals surface area contributed by atoms with Crippen LogP contribution >= 0.6 is 0 Å². The first kappa shape index (κ1) is 12.4. The highest BCUT2D eigenvalue weighted by Crippen LogP contribution is 2.22. The van der Waals surface area contributed by atoms with Gasteiger partial charge in [-0.1, -0.05) is 0 Å². The summed E-state index contributed by atoms with van der Waals surface area (Å²) >= 11 is 0. The van der Waals surface area contributed by atoms with Crippen molar-refractivity contribution in [2.24, 2.45) is 0 Å². The molecule has 0 bridgehead atoms. The van der Waals surface area contributed by atoms with E-state index >= 15 is 0 Å². The largest absolute Gasteiger partial charge is 0.465 e. The third-order valence-electron chi connectivity index (χ3n) is 2.23. The molecule has 0 aliphatic heterocycles. The van der Waals surface area contributed by atoms with Crippen LogP contribution in [0.15, 0.2) is 16.5 Å². The van der Waals surface area contributed by atoms with Gasteiger partial charge in [-0.3, -0.25) is 0 Å². The van der Waals surface area contributed by atoms with Crippen molar-refractivity contribution >= 4 is 5.69 Å². The van der Waals surface area contributed by atoms with Crippen molar-refractivity contribution in [2.45, 2.75) is 13.5 Å². The summed E-state index contributed by atoms with van der Waals surface area (Å²) in [6, 6.07) is 3.23. The van der Waals surface area contributed by atoms with Gasteiger partial charge in [0.1, 0.15) is 17.2 Å². The highest BCUT2D eigenvalue weighted by molar-refractivity contribution is 5.45. The maximum Gasteiger partial charge on any atom is 0.253 e. The lowest BCUT2D eigenvalue weighted by atomic mass is 10.3. The van der Waals surface area contributed by atoms with Crippen LogP contribution < -0.4 is 5.32 Å². The summed E-state index contributed by atoms with van der Waals surface area (Å²) < 4.78 is 57.1. The van der Waals surface area contributed by atoms with Crippen molar-refractivity contribution in [3.63, 3.8) is 0 Å². The van der Waals surface area contributed by atoms with E-state index in [2.05, 4.69) is 10.3 Å². The van der Waals surface area contributed by atoms with Crippen LogP contribution in [0.2, 0.25) is 0 Å². The molecule has 3 nitrogen and oxygen atoms in total. The minimum atomic E-state index is -1.70. The molecule has 2 aromatic heterocycles. The smallest absolute Gasteiger partial charge is 0.253 e. The molecule has 2 aromatic rings. The Morgan fingerprint density at radius 2 is 1.72 bits per heavy atom. The van der Waals surface area contributed by atoms with Crippen molar-refractivity contribution in [3.05, 3.63) is 47.2 Å². The van der Waals surface area contributed by atoms with E-state index < -0.39 is 29.2 Å². The molecule has 7 heteroatoms. The van der Waals surface area contributed by atoms with Gasteiger partial charge < -0.3 is 9.73 Å². The maximum atomic E-state index is 13.2. The van der Waals surface area contributed by atoms with Crippen LogP contribution in [0.4, 0.5) is 23.2 Å². The lowest BCUT2D eigenvalue weighted by Gasteiger charge is -2.07. The molecule has 0 atom stereocenters. The van der Waals surface area contributed by atoms with Crippen molar-refractivity contribution in [1.29, 1.82) is 0 Å². The molecule has 0 aliphatic rings. The summed E-state index contributed by atoms with van der Waals surface area (Å²) in [6.45, 7) is 1.58. The Labute approximate surface area is 99.4 Å². The quantitative estimate of drug-likeness (QED) is 0.680. The Bertz CT molecular complexity index is 556. The lowest BCUT2D eigenvalue weighted by Crippen LogP contribution is -2.09. The van der Waals surface area contributed by atoms with E-state index in [0.717, 1.165) is 0 Å². The molecule has 0 amide bonds. The predicted octanol–water partition coefficient (Wildman–Crippen LogP) is 3.15. The normalized spacial score (nSPS) is 10.7. The summed E-state index contributed by atoms with van der Waals surface area (Å²) in [7, 11) is 0. The topological polar surface area (TPSA) is 38.1 Å². The number of nitrogens with zero attached hydrogens (tertiary/aromatic N) is 1. The van der Waals surface area contributed by atoms with Gasteiger partial charge >= 0.3 is 0 Å². The van der Waals surface area contributed by atoms with Crippen LogP contribution in [0.3, 0.4) is 0 Å². The Hall–Kier alpha value is -2.05. The van der Waals surface area contributed by atoms with E-state index in [4.69, 9.17) is 4.42 Å². The highest BCUT2D eigenvalue weighted by Gasteiger charge is 2.20. The van der Waals surface area contributed by atoms with E-state index in [-0.39, 0.29) is 6.54 Å². The van der Waals surface area contributed by atoms with Crippen molar-refractivity contribution in [1.82, 2.24) is 4.98 Å². The van der Waals surface area contributed by atoms with E-state index in [1.165, 1.54) is 0 Å². The van der Waals surface area contributed by atoms with Gasteiger partial charge in [0.05, 0.1) is 6.54 Å². The van der Waals surface area contributed by atoms with Gasteiger partial charge in [0.2, 0.25) is 11.6 Å². The van der Waals surface area contributed by atoms with Gasteiger partial charge in [0.25, 0.3) is 11.9 Å². The zero-order chi connectivity index (χ0) is 13.3. The highest BCUT2D eigenvalue weighted by atomic mass is 19.2. The van der Waals surface area contributed by atoms with Gasteiger partial charge in [-0.05, 0) is 19.1 Å². The molecular weight excluding hydrogens is 252 g/mol. The van der Waals surface area contributed by atoms with Crippen molar-refractivity contribution in [3.8, 4) is 0 Å². The average Bonchev–Trinajstić information content (AvgIpc) is 2.73. The third-order valence-corrected chi connectivity index (χ3v) is 2.23. The number of pyridine rings is 1. The zero-order valence-electron chi connectivity index (χ0n) is 9.23. The summed E-state index contributed by atoms with van der Waals surface area (Å²) in [5.41, 5.74) is -0.908. The van der Waals surface area contributed by atoms with Gasteiger partial charge in [0, 0.05) is 0 Å². The number of hydrogen-bond acceptors (Lipinski definition) is 3. The fourth-order valence-electron chi connectivity index (χ4n) is 1.40. The number of aryl methyl sites for hydroxylation is 1. The molecule has 0 spiro atoms. The molecule has 0 fully saturated rings. The van der Waals surface area contributed by atoms with Crippen LogP contribution in [0.25, 0.3) is 0 Å². The first-order chi connectivity index (χ1) is 8.49. The number of rotatable bonds is 3. The van der Waals surface area contributed by atoms with Crippen LogP contribution in [0.1, 0.15) is 11.5 Å². The molecule has 2 heterocycles.